The fourth-order valence-corrected chi connectivity index (χ4v) is 6.65. The largest absolute Gasteiger partial charge is 0.358 e. The number of hydrogen-bond donors (Lipinski definition) is 2. The van der Waals surface area contributed by atoms with Crippen molar-refractivity contribution >= 4 is 0 Å². The highest BCUT2D eigenvalue weighted by atomic mass is 16.5. The first kappa shape index (κ1) is 17.9. The van der Waals surface area contributed by atoms with Gasteiger partial charge in [-0.3, -0.25) is 15.5 Å². The summed E-state index contributed by atoms with van der Waals surface area (Å²) < 4.78 is 13.3. The SMILES string of the molecule is CCC[C@H]1CCC[C@@]2(C[C@@H]3CC[C@@H]4C[C@]5(CCC[C@@H](C)O5)NC(N2)N43)O1. The van der Waals surface area contributed by atoms with Crippen LogP contribution < -0.4 is 10.6 Å². The van der Waals surface area contributed by atoms with Crippen molar-refractivity contribution < 1.29 is 9.47 Å². The number of nitrogens with zero attached hydrogens (tertiary/aromatic N) is 1. The Morgan fingerprint density at radius 3 is 2.23 bits per heavy atom. The molecule has 5 saturated heterocycles. The highest BCUT2D eigenvalue weighted by molar-refractivity contribution is 5.07. The smallest absolute Gasteiger partial charge is 0.123 e. The van der Waals surface area contributed by atoms with E-state index in [9.17, 15) is 0 Å². The van der Waals surface area contributed by atoms with E-state index < -0.39 is 0 Å². The van der Waals surface area contributed by atoms with Crippen LogP contribution in [0.1, 0.15) is 90.9 Å². The maximum absolute atomic E-state index is 6.73. The minimum atomic E-state index is -0.124. The standard InChI is InChI=1S/C21H37N3O2/c1-3-6-18-8-5-12-21(26-18)14-17-10-9-16-13-20(11-4-7-15(2)25-20)22-19(23-21)24(16)17/h15-19,22-23H,3-14H2,1-2H3/t15-,16-,17+,18+,19?,20-,21+/m1/s1. The number of nitrogens with one attached hydrogen (secondary N) is 2. The highest BCUT2D eigenvalue weighted by Crippen LogP contribution is 2.46. The summed E-state index contributed by atoms with van der Waals surface area (Å²) in [5.74, 6) is 0. The van der Waals surface area contributed by atoms with E-state index in [1.54, 1.807) is 0 Å². The lowest BCUT2D eigenvalue weighted by Crippen LogP contribution is -2.78. The van der Waals surface area contributed by atoms with E-state index in [0.29, 0.717) is 24.3 Å². The first-order chi connectivity index (χ1) is 12.6. The van der Waals surface area contributed by atoms with Crippen molar-refractivity contribution in [3.63, 3.8) is 0 Å². The van der Waals surface area contributed by atoms with Gasteiger partial charge in [0.25, 0.3) is 0 Å². The van der Waals surface area contributed by atoms with Crippen LogP contribution in [0.5, 0.6) is 0 Å². The van der Waals surface area contributed by atoms with Crippen LogP contribution in [0.15, 0.2) is 0 Å². The average Bonchev–Trinajstić information content (AvgIpc) is 2.97. The van der Waals surface area contributed by atoms with E-state index >= 15 is 0 Å². The molecule has 26 heavy (non-hydrogen) atoms. The minimum Gasteiger partial charge on any atom is -0.358 e. The molecule has 0 radical (unpaired) electrons. The predicted octanol–water partition coefficient (Wildman–Crippen LogP) is 3.44. The summed E-state index contributed by atoms with van der Waals surface area (Å²) in [7, 11) is 0. The van der Waals surface area contributed by atoms with E-state index in [2.05, 4.69) is 29.4 Å². The van der Waals surface area contributed by atoms with Gasteiger partial charge in [0.15, 0.2) is 0 Å². The number of hydrogen-bond acceptors (Lipinski definition) is 5. The molecule has 5 nitrogen and oxygen atoms in total. The maximum Gasteiger partial charge on any atom is 0.123 e. The normalized spacial score (nSPS) is 51.7. The number of rotatable bonds is 2. The summed E-state index contributed by atoms with van der Waals surface area (Å²) in [6.07, 6.45) is 15.7. The molecule has 0 amide bonds. The van der Waals surface area contributed by atoms with Crippen molar-refractivity contribution in [3.8, 4) is 0 Å². The van der Waals surface area contributed by atoms with Gasteiger partial charge in [0, 0.05) is 24.9 Å². The van der Waals surface area contributed by atoms with E-state index in [-0.39, 0.29) is 17.7 Å². The van der Waals surface area contributed by atoms with Crippen molar-refractivity contribution in [3.05, 3.63) is 0 Å². The molecule has 1 unspecified atom stereocenters. The Kier molecular flexibility index (Phi) is 4.60. The second kappa shape index (κ2) is 6.70. The van der Waals surface area contributed by atoms with Crippen LogP contribution in [0.4, 0.5) is 0 Å². The summed E-state index contributed by atoms with van der Waals surface area (Å²) >= 11 is 0. The summed E-state index contributed by atoms with van der Waals surface area (Å²) in [6, 6.07) is 1.33. The van der Waals surface area contributed by atoms with Crippen molar-refractivity contribution in [2.24, 2.45) is 0 Å². The molecule has 0 aliphatic carbocycles. The zero-order chi connectivity index (χ0) is 17.8. The molecule has 2 N–H and O–H groups in total. The second-order valence-electron chi connectivity index (χ2n) is 9.66. The highest BCUT2D eigenvalue weighted by Gasteiger charge is 2.57. The van der Waals surface area contributed by atoms with Gasteiger partial charge in [0.1, 0.15) is 17.7 Å². The molecule has 5 fully saturated rings. The third-order valence-corrected chi connectivity index (χ3v) is 7.63. The van der Waals surface area contributed by atoms with Gasteiger partial charge in [0.05, 0.1) is 12.2 Å². The lowest BCUT2D eigenvalue weighted by molar-refractivity contribution is -0.242. The van der Waals surface area contributed by atoms with Gasteiger partial charge in [-0.25, -0.2) is 0 Å². The Balaban J connectivity index is 1.37. The third kappa shape index (κ3) is 3.04. The average molecular weight is 364 g/mol. The van der Waals surface area contributed by atoms with Crippen LogP contribution in [0.25, 0.3) is 0 Å². The van der Waals surface area contributed by atoms with Crippen LogP contribution in [0, 0.1) is 0 Å². The first-order valence-electron chi connectivity index (χ1n) is 11.3. The van der Waals surface area contributed by atoms with Crippen molar-refractivity contribution in [1.82, 2.24) is 15.5 Å². The Labute approximate surface area is 158 Å². The molecule has 0 aromatic rings. The van der Waals surface area contributed by atoms with Crippen LogP contribution in [0.2, 0.25) is 0 Å². The molecule has 0 saturated carbocycles. The fourth-order valence-electron chi connectivity index (χ4n) is 6.65. The molecule has 0 aromatic heterocycles. The molecule has 5 aliphatic heterocycles. The molecule has 148 valence electrons. The topological polar surface area (TPSA) is 45.8 Å². The second-order valence-corrected chi connectivity index (χ2v) is 9.66. The molecule has 0 aromatic carbocycles. The molecule has 7 atom stereocenters. The lowest BCUT2D eigenvalue weighted by atomic mass is 9.87. The van der Waals surface area contributed by atoms with E-state index in [4.69, 9.17) is 9.47 Å². The van der Waals surface area contributed by atoms with Gasteiger partial charge >= 0.3 is 0 Å². The summed E-state index contributed by atoms with van der Waals surface area (Å²) in [5.41, 5.74) is -0.244. The Bertz CT molecular complexity index is 529. The number of ether oxygens (including phenoxy) is 2. The van der Waals surface area contributed by atoms with Crippen molar-refractivity contribution in [2.45, 2.75) is 133 Å². The molecular formula is C21H37N3O2. The quantitative estimate of drug-likeness (QED) is 0.787. The van der Waals surface area contributed by atoms with Crippen molar-refractivity contribution in [2.75, 3.05) is 0 Å². The fraction of sp³-hybridized carbons (Fsp3) is 1.00. The summed E-state index contributed by atoms with van der Waals surface area (Å²) in [5, 5.41) is 7.89. The zero-order valence-corrected chi connectivity index (χ0v) is 16.6. The molecular weight excluding hydrogens is 326 g/mol. The third-order valence-electron chi connectivity index (χ3n) is 7.63. The molecule has 5 rings (SSSR count). The molecule has 5 aliphatic rings. The molecule has 2 spiro atoms. The monoisotopic (exact) mass is 363 g/mol. The van der Waals surface area contributed by atoms with Gasteiger partial charge in [-0.15, -0.1) is 0 Å². The first-order valence-corrected chi connectivity index (χ1v) is 11.3. The Morgan fingerprint density at radius 1 is 0.923 bits per heavy atom. The van der Waals surface area contributed by atoms with Crippen LogP contribution in [0.3, 0.4) is 0 Å². The summed E-state index contributed by atoms with van der Waals surface area (Å²) in [4.78, 5) is 2.73. The Hall–Kier alpha value is -0.200. The molecule has 0 bridgehead atoms. The van der Waals surface area contributed by atoms with Gasteiger partial charge in [0.2, 0.25) is 0 Å². The summed E-state index contributed by atoms with van der Waals surface area (Å²) in [6.45, 7) is 4.51. The maximum atomic E-state index is 6.73. The van der Waals surface area contributed by atoms with Crippen LogP contribution >= 0.6 is 0 Å². The molecule has 5 heteroatoms. The van der Waals surface area contributed by atoms with Crippen LogP contribution in [-0.2, 0) is 9.47 Å². The van der Waals surface area contributed by atoms with E-state index in [0.717, 1.165) is 25.7 Å². The van der Waals surface area contributed by atoms with E-state index in [1.165, 1.54) is 51.4 Å². The van der Waals surface area contributed by atoms with Crippen molar-refractivity contribution in [1.29, 1.82) is 0 Å². The van der Waals surface area contributed by atoms with E-state index in [1.807, 2.05) is 0 Å². The predicted molar refractivity (Wildman–Crippen MR) is 101 cm³/mol. The van der Waals surface area contributed by atoms with Gasteiger partial charge < -0.3 is 9.47 Å². The van der Waals surface area contributed by atoms with Gasteiger partial charge in [-0.1, -0.05) is 13.3 Å². The van der Waals surface area contributed by atoms with Crippen LogP contribution in [-0.4, -0.2) is 46.9 Å². The van der Waals surface area contributed by atoms with Gasteiger partial charge in [-0.05, 0) is 64.7 Å². The molecule has 5 heterocycles. The lowest BCUT2D eigenvalue weighted by Gasteiger charge is -2.59. The van der Waals surface area contributed by atoms with Gasteiger partial charge in [-0.2, -0.15) is 0 Å². The zero-order valence-electron chi connectivity index (χ0n) is 16.6. The Morgan fingerprint density at radius 2 is 1.58 bits per heavy atom. The minimum absolute atomic E-state index is 0.120.